The van der Waals surface area contributed by atoms with E-state index in [0.29, 0.717) is 19.3 Å². The second-order valence-corrected chi connectivity index (χ2v) is 19.9. The van der Waals surface area contributed by atoms with Crippen molar-refractivity contribution in [2.24, 2.45) is 0 Å². The van der Waals surface area contributed by atoms with Gasteiger partial charge in [-0.25, -0.2) is 0 Å². The van der Waals surface area contributed by atoms with Gasteiger partial charge in [-0.2, -0.15) is 0 Å². The maximum Gasteiger partial charge on any atom is 0.306 e. The van der Waals surface area contributed by atoms with Crippen LogP contribution in [0.2, 0.25) is 0 Å². The SMILES string of the molecule is CC/C=C\C/C=C\C/C=C\CCCCCCCC(=O)OC(COC(=O)CCCCCCCCCCCCCC)COC(=O)CCCCCCCCCCCCC/C=C\CCCCCCCCCC. The molecule has 396 valence electrons. The summed E-state index contributed by atoms with van der Waals surface area (Å²) in [6.07, 6.45) is 69.7. The van der Waals surface area contributed by atoms with Crippen molar-refractivity contribution in [2.45, 2.75) is 316 Å². The van der Waals surface area contributed by atoms with Gasteiger partial charge in [0.25, 0.3) is 0 Å². The van der Waals surface area contributed by atoms with Gasteiger partial charge in [0, 0.05) is 19.3 Å². The van der Waals surface area contributed by atoms with Gasteiger partial charge < -0.3 is 14.2 Å². The number of ether oxygens (including phenoxy) is 3. The Balaban J connectivity index is 4.27. The van der Waals surface area contributed by atoms with Crippen LogP contribution in [-0.2, 0) is 28.6 Å². The van der Waals surface area contributed by atoms with Crippen molar-refractivity contribution in [3.8, 4) is 0 Å². The van der Waals surface area contributed by atoms with Gasteiger partial charge >= 0.3 is 17.9 Å². The molecule has 0 aliphatic carbocycles. The molecule has 0 bridgehead atoms. The molecule has 0 aliphatic rings. The summed E-state index contributed by atoms with van der Waals surface area (Å²) in [6.45, 7) is 6.54. The van der Waals surface area contributed by atoms with Crippen LogP contribution in [0.4, 0.5) is 0 Å². The van der Waals surface area contributed by atoms with Gasteiger partial charge in [-0.05, 0) is 77.0 Å². The molecule has 0 fully saturated rings. The summed E-state index contributed by atoms with van der Waals surface area (Å²) in [5.74, 6) is -0.881. The van der Waals surface area contributed by atoms with Gasteiger partial charge in [-0.1, -0.05) is 262 Å². The Labute approximate surface area is 422 Å². The zero-order valence-electron chi connectivity index (χ0n) is 45.4. The molecule has 0 radical (unpaired) electrons. The van der Waals surface area contributed by atoms with Gasteiger partial charge in [0.2, 0.25) is 0 Å². The Morgan fingerprint density at radius 3 is 0.912 bits per heavy atom. The molecule has 0 N–H and O–H groups in total. The average Bonchev–Trinajstić information content (AvgIpc) is 3.34. The Bertz CT molecular complexity index is 1190. The molecule has 0 amide bonds. The highest BCUT2D eigenvalue weighted by molar-refractivity contribution is 5.71. The molecule has 0 saturated heterocycles. The standard InChI is InChI=1S/C62H112O6/c1-4-7-10-13-16-19-22-25-27-28-29-30-31-32-33-34-36-37-40-43-46-49-52-55-61(64)67-58-59(57-66-60(63)54-51-48-45-42-39-24-21-18-15-12-9-6-3)68-62(65)56-53-50-47-44-41-38-35-26-23-20-17-14-11-8-5-2/h8,11,17,20,26,28-29,35,59H,4-7,9-10,12-16,18-19,21-25,27,30-34,36-58H2,1-3H3/b11-8-,20-17-,29-28-,35-26-. The summed E-state index contributed by atoms with van der Waals surface area (Å²) in [4.78, 5) is 38.1. The minimum absolute atomic E-state index is 0.0773. The highest BCUT2D eigenvalue weighted by atomic mass is 16.6. The summed E-state index contributed by atoms with van der Waals surface area (Å²) in [7, 11) is 0. The van der Waals surface area contributed by atoms with Crippen molar-refractivity contribution < 1.29 is 28.6 Å². The molecule has 0 aromatic rings. The van der Waals surface area contributed by atoms with E-state index in [-0.39, 0.29) is 31.1 Å². The highest BCUT2D eigenvalue weighted by Crippen LogP contribution is 2.16. The predicted octanol–water partition coefficient (Wildman–Crippen LogP) is 19.8. The predicted molar refractivity (Wildman–Crippen MR) is 293 cm³/mol. The van der Waals surface area contributed by atoms with Crippen LogP contribution in [0.5, 0.6) is 0 Å². The summed E-state index contributed by atoms with van der Waals surface area (Å²) < 4.78 is 16.9. The van der Waals surface area contributed by atoms with E-state index in [1.165, 1.54) is 173 Å². The topological polar surface area (TPSA) is 78.9 Å². The van der Waals surface area contributed by atoms with Crippen molar-refractivity contribution in [3.05, 3.63) is 48.6 Å². The lowest BCUT2D eigenvalue weighted by Gasteiger charge is -2.18. The molecule has 0 saturated carbocycles. The van der Waals surface area contributed by atoms with Crippen LogP contribution in [-0.4, -0.2) is 37.2 Å². The first-order chi connectivity index (χ1) is 33.5. The highest BCUT2D eigenvalue weighted by Gasteiger charge is 2.19. The normalized spacial score (nSPS) is 12.3. The molecule has 0 rings (SSSR count). The van der Waals surface area contributed by atoms with Crippen molar-refractivity contribution in [2.75, 3.05) is 13.2 Å². The minimum atomic E-state index is -0.780. The maximum absolute atomic E-state index is 12.8. The van der Waals surface area contributed by atoms with Gasteiger partial charge in [0.05, 0.1) is 0 Å². The largest absolute Gasteiger partial charge is 0.462 e. The molecular formula is C62H112O6. The molecule has 0 aliphatic heterocycles. The first-order valence-corrected chi connectivity index (χ1v) is 29.6. The summed E-state index contributed by atoms with van der Waals surface area (Å²) in [5.41, 5.74) is 0. The Kier molecular flexibility index (Phi) is 54.8. The summed E-state index contributed by atoms with van der Waals surface area (Å²) in [6, 6.07) is 0. The minimum Gasteiger partial charge on any atom is -0.462 e. The number of rotatable bonds is 54. The second kappa shape index (κ2) is 57.0. The number of carbonyl (C=O) groups excluding carboxylic acids is 3. The third-order valence-corrected chi connectivity index (χ3v) is 13.1. The van der Waals surface area contributed by atoms with Crippen molar-refractivity contribution in [3.63, 3.8) is 0 Å². The van der Waals surface area contributed by atoms with E-state index >= 15 is 0 Å². The molecule has 1 unspecified atom stereocenters. The Hall–Kier alpha value is -2.63. The number of hydrogen-bond donors (Lipinski definition) is 0. The molecule has 0 spiro atoms. The summed E-state index contributed by atoms with van der Waals surface area (Å²) in [5, 5.41) is 0. The zero-order valence-corrected chi connectivity index (χ0v) is 45.4. The fraction of sp³-hybridized carbons (Fsp3) is 0.823. The van der Waals surface area contributed by atoms with Crippen LogP contribution in [0.15, 0.2) is 48.6 Å². The fourth-order valence-electron chi connectivity index (χ4n) is 8.63. The molecule has 6 nitrogen and oxygen atoms in total. The number of esters is 3. The molecule has 6 heteroatoms. The van der Waals surface area contributed by atoms with E-state index in [0.717, 1.165) is 96.3 Å². The number of allylic oxidation sites excluding steroid dienone is 8. The Morgan fingerprint density at radius 2 is 0.574 bits per heavy atom. The number of unbranched alkanes of at least 4 members (excludes halogenated alkanes) is 35. The second-order valence-electron chi connectivity index (χ2n) is 19.9. The van der Waals surface area contributed by atoms with E-state index in [4.69, 9.17) is 14.2 Å². The number of hydrogen-bond acceptors (Lipinski definition) is 6. The third kappa shape index (κ3) is 54.3. The quantitative estimate of drug-likeness (QED) is 0.0262. The lowest BCUT2D eigenvalue weighted by Crippen LogP contribution is -2.30. The Morgan fingerprint density at radius 1 is 0.309 bits per heavy atom. The van der Waals surface area contributed by atoms with Crippen LogP contribution >= 0.6 is 0 Å². The maximum atomic E-state index is 12.8. The molecule has 1 atom stereocenters. The van der Waals surface area contributed by atoms with Crippen LogP contribution in [0.3, 0.4) is 0 Å². The number of carbonyl (C=O) groups is 3. The lowest BCUT2D eigenvalue weighted by atomic mass is 10.0. The van der Waals surface area contributed by atoms with Crippen molar-refractivity contribution in [1.82, 2.24) is 0 Å². The molecular weight excluding hydrogens is 841 g/mol. The van der Waals surface area contributed by atoms with Gasteiger partial charge in [-0.15, -0.1) is 0 Å². The molecule has 0 aromatic heterocycles. The van der Waals surface area contributed by atoms with Crippen molar-refractivity contribution >= 4 is 17.9 Å². The molecule has 0 heterocycles. The van der Waals surface area contributed by atoms with E-state index in [9.17, 15) is 14.4 Å². The van der Waals surface area contributed by atoms with Crippen LogP contribution in [0.25, 0.3) is 0 Å². The van der Waals surface area contributed by atoms with E-state index in [1.807, 2.05) is 0 Å². The third-order valence-electron chi connectivity index (χ3n) is 13.1. The zero-order chi connectivity index (χ0) is 49.3. The monoisotopic (exact) mass is 953 g/mol. The lowest BCUT2D eigenvalue weighted by molar-refractivity contribution is -0.167. The van der Waals surface area contributed by atoms with Crippen LogP contribution in [0.1, 0.15) is 310 Å². The van der Waals surface area contributed by atoms with Gasteiger partial charge in [0.15, 0.2) is 6.10 Å². The van der Waals surface area contributed by atoms with E-state index in [2.05, 4.69) is 69.4 Å². The first kappa shape index (κ1) is 65.4. The fourth-order valence-corrected chi connectivity index (χ4v) is 8.63. The first-order valence-electron chi connectivity index (χ1n) is 29.6. The summed E-state index contributed by atoms with van der Waals surface area (Å²) >= 11 is 0. The van der Waals surface area contributed by atoms with E-state index < -0.39 is 6.10 Å². The smallest absolute Gasteiger partial charge is 0.306 e. The molecule has 68 heavy (non-hydrogen) atoms. The van der Waals surface area contributed by atoms with Gasteiger partial charge in [0.1, 0.15) is 13.2 Å². The average molecular weight is 954 g/mol. The van der Waals surface area contributed by atoms with E-state index in [1.54, 1.807) is 0 Å². The van der Waals surface area contributed by atoms with Crippen LogP contribution in [0, 0.1) is 0 Å². The van der Waals surface area contributed by atoms with Crippen LogP contribution < -0.4 is 0 Å². The van der Waals surface area contributed by atoms with Crippen molar-refractivity contribution in [1.29, 1.82) is 0 Å². The van der Waals surface area contributed by atoms with Gasteiger partial charge in [-0.3, -0.25) is 14.4 Å². The molecule has 0 aromatic carbocycles.